The van der Waals surface area contributed by atoms with E-state index in [0.717, 1.165) is 78.7 Å². The first-order valence-electron chi connectivity index (χ1n) is 11.9. The molecule has 0 atom stereocenters. The lowest BCUT2D eigenvalue weighted by molar-refractivity contribution is -0.117. The Balaban J connectivity index is 1.21. The van der Waals surface area contributed by atoms with Gasteiger partial charge in [-0.3, -0.25) is 4.79 Å². The minimum Gasteiger partial charge on any atom is -0.495 e. The number of anilines is 3. The van der Waals surface area contributed by atoms with Gasteiger partial charge in [0.15, 0.2) is 5.65 Å². The molecular formula is C26H27N7O2. The van der Waals surface area contributed by atoms with Gasteiger partial charge < -0.3 is 19.9 Å². The summed E-state index contributed by atoms with van der Waals surface area (Å²) in [6.45, 7) is 3.19. The zero-order valence-electron chi connectivity index (χ0n) is 19.6. The molecule has 2 aromatic heterocycles. The molecule has 2 fully saturated rings. The molecular weight excluding hydrogens is 442 g/mol. The van der Waals surface area contributed by atoms with Gasteiger partial charge in [-0.15, -0.1) is 0 Å². The van der Waals surface area contributed by atoms with E-state index in [1.54, 1.807) is 13.4 Å². The molecule has 35 heavy (non-hydrogen) atoms. The summed E-state index contributed by atoms with van der Waals surface area (Å²) in [6, 6.07) is 15.8. The second-order valence-corrected chi connectivity index (χ2v) is 8.95. The molecule has 1 saturated carbocycles. The Hall–Kier alpha value is -4.14. The number of ether oxygens (including phenoxy) is 1. The van der Waals surface area contributed by atoms with E-state index in [2.05, 4.69) is 30.2 Å². The molecule has 0 radical (unpaired) electrons. The van der Waals surface area contributed by atoms with Crippen LogP contribution in [0.1, 0.15) is 12.8 Å². The van der Waals surface area contributed by atoms with Crippen molar-refractivity contribution in [2.24, 2.45) is 5.92 Å². The lowest BCUT2D eigenvalue weighted by Crippen LogP contribution is -2.47. The second kappa shape index (κ2) is 8.90. The summed E-state index contributed by atoms with van der Waals surface area (Å²) >= 11 is 0. The third-order valence-electron chi connectivity index (χ3n) is 6.66. The summed E-state index contributed by atoms with van der Waals surface area (Å²) in [5.74, 6) is 1.97. The Labute approximate surface area is 203 Å². The highest BCUT2D eigenvalue weighted by molar-refractivity contribution is 5.94. The van der Waals surface area contributed by atoms with Gasteiger partial charge in [0.25, 0.3) is 0 Å². The molecule has 2 aromatic carbocycles. The summed E-state index contributed by atoms with van der Waals surface area (Å²) in [5.41, 5.74) is 3.57. The lowest BCUT2D eigenvalue weighted by atomic mass is 10.2. The highest BCUT2D eigenvalue weighted by Gasteiger charge is 2.30. The monoisotopic (exact) mass is 469 g/mol. The molecule has 4 aromatic rings. The van der Waals surface area contributed by atoms with Crippen LogP contribution in [0.4, 0.5) is 17.2 Å². The van der Waals surface area contributed by atoms with Crippen LogP contribution in [0.3, 0.4) is 0 Å². The Kier molecular flexibility index (Phi) is 5.44. The molecule has 9 heteroatoms. The fourth-order valence-electron chi connectivity index (χ4n) is 4.61. The van der Waals surface area contributed by atoms with E-state index in [1.807, 2.05) is 59.4 Å². The van der Waals surface area contributed by atoms with Crippen LogP contribution < -0.4 is 19.9 Å². The second-order valence-electron chi connectivity index (χ2n) is 8.95. The van der Waals surface area contributed by atoms with Gasteiger partial charge in [-0.2, -0.15) is 5.10 Å². The molecule has 6 rings (SSSR count). The van der Waals surface area contributed by atoms with Crippen molar-refractivity contribution in [3.05, 3.63) is 61.1 Å². The summed E-state index contributed by atoms with van der Waals surface area (Å²) in [6.07, 6.45) is 5.42. The van der Waals surface area contributed by atoms with E-state index in [9.17, 15) is 4.79 Å². The molecule has 178 valence electrons. The van der Waals surface area contributed by atoms with Crippen LogP contribution in [0.2, 0.25) is 0 Å². The number of nitrogens with one attached hydrogen (secondary N) is 1. The lowest BCUT2D eigenvalue weighted by Gasteiger charge is -2.37. The van der Waals surface area contributed by atoms with E-state index in [0.29, 0.717) is 0 Å². The summed E-state index contributed by atoms with van der Waals surface area (Å²) < 4.78 is 7.48. The number of fused-ring (bicyclic) bond motifs is 1. The average Bonchev–Trinajstić information content (AvgIpc) is 3.68. The maximum Gasteiger partial charge on any atom is 0.227 e. The van der Waals surface area contributed by atoms with Gasteiger partial charge in [-0.05, 0) is 43.2 Å². The van der Waals surface area contributed by atoms with Gasteiger partial charge in [-0.1, -0.05) is 18.2 Å². The Morgan fingerprint density at radius 3 is 2.51 bits per heavy atom. The predicted octanol–water partition coefficient (Wildman–Crippen LogP) is 3.50. The van der Waals surface area contributed by atoms with E-state index >= 15 is 0 Å². The number of nitrogens with zero attached hydrogens (tertiary/aromatic N) is 6. The van der Waals surface area contributed by atoms with Gasteiger partial charge in [0, 0.05) is 37.8 Å². The number of carbonyl (C=O) groups is 1. The number of aromatic nitrogens is 4. The van der Waals surface area contributed by atoms with Crippen LogP contribution in [0, 0.1) is 5.92 Å². The number of benzene rings is 2. The fraction of sp³-hybridized carbons (Fsp3) is 0.308. The minimum absolute atomic E-state index is 0.106. The zero-order chi connectivity index (χ0) is 23.8. The Bertz CT molecular complexity index is 1360. The third kappa shape index (κ3) is 4.14. The highest BCUT2D eigenvalue weighted by atomic mass is 16.5. The normalized spacial score (nSPS) is 15.9. The van der Waals surface area contributed by atoms with Crippen molar-refractivity contribution in [1.82, 2.24) is 19.7 Å². The first kappa shape index (κ1) is 21.4. The van der Waals surface area contributed by atoms with Crippen LogP contribution in [0.5, 0.6) is 5.75 Å². The van der Waals surface area contributed by atoms with Gasteiger partial charge in [0.1, 0.15) is 17.9 Å². The molecule has 0 bridgehead atoms. The standard InChI is InChI=1S/C26H27N7O2/c1-35-23-10-9-19(30-26(34)18-7-8-18)15-22(23)31-11-13-32(14-12-31)24-21-16-29-33(25(21)28-17-27-24)20-5-3-2-4-6-20/h2-6,9-10,15-18H,7-8,11-14H2,1H3,(H,30,34). The molecule has 0 unspecified atom stereocenters. The van der Waals surface area contributed by atoms with Crippen molar-refractivity contribution in [2.45, 2.75) is 12.8 Å². The summed E-state index contributed by atoms with van der Waals surface area (Å²) in [5, 5.41) is 8.57. The number of para-hydroxylation sites is 1. The quantitative estimate of drug-likeness (QED) is 0.462. The van der Waals surface area contributed by atoms with Crippen LogP contribution in [-0.4, -0.2) is 58.9 Å². The van der Waals surface area contributed by atoms with Crippen molar-refractivity contribution < 1.29 is 9.53 Å². The SMILES string of the molecule is COc1ccc(NC(=O)C2CC2)cc1N1CCN(c2ncnc3c2cnn3-c2ccccc2)CC1. The van der Waals surface area contributed by atoms with Crippen LogP contribution in [0.25, 0.3) is 16.7 Å². The largest absolute Gasteiger partial charge is 0.495 e. The third-order valence-corrected chi connectivity index (χ3v) is 6.66. The van der Waals surface area contributed by atoms with Crippen molar-refractivity contribution in [3.8, 4) is 11.4 Å². The van der Waals surface area contributed by atoms with Crippen molar-refractivity contribution >= 4 is 34.1 Å². The Morgan fingerprint density at radius 1 is 1.00 bits per heavy atom. The molecule has 1 aliphatic carbocycles. The van der Waals surface area contributed by atoms with E-state index in [-0.39, 0.29) is 11.8 Å². The maximum absolute atomic E-state index is 12.2. The van der Waals surface area contributed by atoms with E-state index in [1.165, 1.54) is 0 Å². The first-order valence-corrected chi connectivity index (χ1v) is 11.9. The summed E-state index contributed by atoms with van der Waals surface area (Å²) in [4.78, 5) is 25.9. The Morgan fingerprint density at radius 2 is 1.77 bits per heavy atom. The fourth-order valence-corrected chi connectivity index (χ4v) is 4.61. The number of hydrogen-bond acceptors (Lipinski definition) is 7. The molecule has 1 N–H and O–H groups in total. The number of piperazine rings is 1. The zero-order valence-corrected chi connectivity index (χ0v) is 19.6. The number of amides is 1. The number of rotatable bonds is 6. The van der Waals surface area contributed by atoms with Crippen LogP contribution in [-0.2, 0) is 4.79 Å². The number of carbonyl (C=O) groups excluding carboxylic acids is 1. The van der Waals surface area contributed by atoms with Gasteiger partial charge >= 0.3 is 0 Å². The van der Waals surface area contributed by atoms with Crippen LogP contribution in [0.15, 0.2) is 61.1 Å². The van der Waals surface area contributed by atoms with Crippen molar-refractivity contribution in [2.75, 3.05) is 48.4 Å². The van der Waals surface area contributed by atoms with Crippen molar-refractivity contribution in [3.63, 3.8) is 0 Å². The molecule has 1 saturated heterocycles. The molecule has 3 heterocycles. The molecule has 1 aliphatic heterocycles. The predicted molar refractivity (Wildman–Crippen MR) is 135 cm³/mol. The molecule has 0 spiro atoms. The maximum atomic E-state index is 12.2. The van der Waals surface area contributed by atoms with Crippen molar-refractivity contribution in [1.29, 1.82) is 0 Å². The van der Waals surface area contributed by atoms with Gasteiger partial charge in [0.05, 0.1) is 30.1 Å². The highest BCUT2D eigenvalue weighted by Crippen LogP contribution is 2.35. The first-order chi connectivity index (χ1) is 17.2. The van der Waals surface area contributed by atoms with E-state index in [4.69, 9.17) is 4.74 Å². The smallest absolute Gasteiger partial charge is 0.227 e. The summed E-state index contributed by atoms with van der Waals surface area (Å²) in [7, 11) is 1.68. The van der Waals surface area contributed by atoms with E-state index < -0.39 is 0 Å². The average molecular weight is 470 g/mol. The molecule has 1 amide bonds. The minimum atomic E-state index is 0.106. The van der Waals surface area contributed by atoms with Crippen LogP contribution >= 0.6 is 0 Å². The number of methoxy groups -OCH3 is 1. The topological polar surface area (TPSA) is 88.4 Å². The van der Waals surface area contributed by atoms with Gasteiger partial charge in [0.2, 0.25) is 5.91 Å². The van der Waals surface area contributed by atoms with Gasteiger partial charge in [-0.25, -0.2) is 14.6 Å². The number of hydrogen-bond donors (Lipinski definition) is 1. The molecule has 9 nitrogen and oxygen atoms in total. The molecule has 2 aliphatic rings.